The lowest BCUT2D eigenvalue weighted by molar-refractivity contribution is 0.394. The minimum Gasteiger partial charge on any atom is -0.481 e. The summed E-state index contributed by atoms with van der Waals surface area (Å²) in [5, 5.41) is 0. The van der Waals surface area contributed by atoms with E-state index in [2.05, 4.69) is 4.98 Å². The van der Waals surface area contributed by atoms with Crippen LogP contribution in [0.5, 0.6) is 5.88 Å². The Morgan fingerprint density at radius 1 is 1.17 bits per heavy atom. The number of ether oxygens (including phenoxy) is 1. The predicted octanol–water partition coefficient (Wildman–Crippen LogP) is 2.49. The first-order valence-corrected chi connectivity index (χ1v) is 8.77. The highest BCUT2D eigenvalue weighted by atomic mass is 32.2. The summed E-state index contributed by atoms with van der Waals surface area (Å²) >= 11 is 0. The summed E-state index contributed by atoms with van der Waals surface area (Å²) in [4.78, 5) is 4.22. The Balaban J connectivity index is 2.01. The summed E-state index contributed by atoms with van der Waals surface area (Å²) in [7, 11) is -1.99. The average Bonchev–Trinajstić information content (AvgIpc) is 2.74. The molecule has 2 heterocycles. The summed E-state index contributed by atoms with van der Waals surface area (Å²) in [5.41, 5.74) is 3.11. The van der Waals surface area contributed by atoms with Gasteiger partial charge in [0.05, 0.1) is 25.0 Å². The van der Waals surface area contributed by atoms with Crippen LogP contribution < -0.4 is 13.3 Å². The summed E-state index contributed by atoms with van der Waals surface area (Å²) < 4.78 is 33.6. The minimum atomic E-state index is -3.56. The molecular weight excluding hydrogens is 314 g/mol. The van der Waals surface area contributed by atoms with E-state index in [1.807, 2.05) is 44.2 Å². The van der Waals surface area contributed by atoms with E-state index >= 15 is 0 Å². The average molecular weight is 333 g/mol. The Morgan fingerprint density at radius 3 is 2.39 bits per heavy atom. The second-order valence-electron chi connectivity index (χ2n) is 5.34. The van der Waals surface area contributed by atoms with Crippen LogP contribution in [0.2, 0.25) is 0 Å². The third kappa shape index (κ3) is 2.50. The number of pyridine rings is 1. The topological polar surface area (TPSA) is 62.7 Å². The van der Waals surface area contributed by atoms with E-state index in [0.717, 1.165) is 11.1 Å². The largest absolute Gasteiger partial charge is 0.481 e. The van der Waals surface area contributed by atoms with Crippen molar-refractivity contribution in [1.29, 1.82) is 0 Å². The van der Waals surface area contributed by atoms with E-state index in [4.69, 9.17) is 4.74 Å². The molecule has 1 aromatic heterocycles. The molecule has 0 saturated carbocycles. The van der Waals surface area contributed by atoms with E-state index in [1.165, 1.54) is 8.61 Å². The summed E-state index contributed by atoms with van der Waals surface area (Å²) in [6, 6.07) is 9.25. The number of nitrogens with zero attached hydrogens (tertiary/aromatic N) is 3. The monoisotopic (exact) mass is 333 g/mol. The number of aryl methyl sites for hydroxylation is 1. The van der Waals surface area contributed by atoms with E-state index in [9.17, 15) is 8.42 Å². The van der Waals surface area contributed by atoms with Crippen LogP contribution >= 0.6 is 0 Å². The number of methoxy groups -OCH3 is 1. The lowest BCUT2D eigenvalue weighted by Gasteiger charge is -2.21. The van der Waals surface area contributed by atoms with Crippen LogP contribution in [0.1, 0.15) is 18.1 Å². The van der Waals surface area contributed by atoms with Gasteiger partial charge in [0, 0.05) is 18.3 Å². The van der Waals surface area contributed by atoms with Crippen LogP contribution in [0.3, 0.4) is 0 Å². The van der Waals surface area contributed by atoms with Gasteiger partial charge in [0.25, 0.3) is 0 Å². The van der Waals surface area contributed by atoms with E-state index in [-0.39, 0.29) is 6.54 Å². The van der Waals surface area contributed by atoms with Gasteiger partial charge < -0.3 is 4.74 Å². The summed E-state index contributed by atoms with van der Waals surface area (Å²) in [6.07, 6.45) is 1.65. The third-order valence-corrected chi connectivity index (χ3v) is 5.76. The number of aromatic nitrogens is 1. The van der Waals surface area contributed by atoms with Crippen LogP contribution in [0, 0.1) is 6.92 Å². The second-order valence-corrected chi connectivity index (χ2v) is 7.11. The Labute approximate surface area is 136 Å². The molecule has 0 fully saturated rings. The van der Waals surface area contributed by atoms with Crippen LogP contribution in [-0.2, 0) is 16.8 Å². The molecule has 0 amide bonds. The highest BCUT2D eigenvalue weighted by molar-refractivity contribution is 7.94. The van der Waals surface area contributed by atoms with Gasteiger partial charge in [-0.25, -0.2) is 9.29 Å². The molecular formula is C16H19N3O3S. The van der Waals surface area contributed by atoms with Crippen molar-refractivity contribution < 1.29 is 13.2 Å². The smallest absolute Gasteiger partial charge is 0.326 e. The Hall–Kier alpha value is -2.28. The van der Waals surface area contributed by atoms with Gasteiger partial charge in [0.2, 0.25) is 5.88 Å². The first kappa shape index (κ1) is 15.6. The van der Waals surface area contributed by atoms with Gasteiger partial charge in [-0.1, -0.05) is 12.1 Å². The molecule has 0 radical (unpaired) electrons. The fourth-order valence-electron chi connectivity index (χ4n) is 2.84. The lowest BCUT2D eigenvalue weighted by atomic mass is 10.2. The van der Waals surface area contributed by atoms with Crippen molar-refractivity contribution in [3.05, 3.63) is 47.7 Å². The number of anilines is 2. The molecule has 0 aliphatic carbocycles. The zero-order valence-electron chi connectivity index (χ0n) is 13.4. The van der Waals surface area contributed by atoms with Crippen LogP contribution in [0.15, 0.2) is 36.5 Å². The SMILES string of the molecule is CCN1c2ccccc2N(Cc2cnc(OC)c(C)c2)S1(=O)=O. The normalized spacial score (nSPS) is 15.6. The number of rotatable bonds is 4. The molecule has 0 bridgehead atoms. The van der Waals surface area contributed by atoms with Crippen molar-refractivity contribution in [2.24, 2.45) is 0 Å². The maximum Gasteiger partial charge on any atom is 0.326 e. The molecule has 3 rings (SSSR count). The quantitative estimate of drug-likeness (QED) is 0.862. The van der Waals surface area contributed by atoms with E-state index in [0.29, 0.717) is 23.8 Å². The number of para-hydroxylation sites is 2. The molecule has 0 spiro atoms. The summed E-state index contributed by atoms with van der Waals surface area (Å²) in [5.74, 6) is 0.550. The van der Waals surface area contributed by atoms with E-state index < -0.39 is 10.2 Å². The van der Waals surface area contributed by atoms with Crippen molar-refractivity contribution in [2.75, 3.05) is 22.3 Å². The number of hydrogen-bond acceptors (Lipinski definition) is 4. The maximum atomic E-state index is 12.8. The van der Waals surface area contributed by atoms with Gasteiger partial charge in [0.15, 0.2) is 0 Å². The molecule has 1 aliphatic heterocycles. The highest BCUT2D eigenvalue weighted by Gasteiger charge is 2.39. The third-order valence-electron chi connectivity index (χ3n) is 3.87. The first-order chi connectivity index (χ1) is 11.0. The highest BCUT2D eigenvalue weighted by Crippen LogP contribution is 2.41. The van der Waals surface area contributed by atoms with Gasteiger partial charge in [-0.15, -0.1) is 0 Å². The van der Waals surface area contributed by atoms with Crippen LogP contribution in [0.25, 0.3) is 0 Å². The van der Waals surface area contributed by atoms with Crippen molar-refractivity contribution in [3.63, 3.8) is 0 Å². The maximum absolute atomic E-state index is 12.8. The van der Waals surface area contributed by atoms with Gasteiger partial charge in [-0.3, -0.25) is 4.31 Å². The first-order valence-electron chi connectivity index (χ1n) is 7.38. The Bertz CT molecular complexity index is 836. The van der Waals surface area contributed by atoms with Crippen molar-refractivity contribution in [2.45, 2.75) is 20.4 Å². The molecule has 0 saturated heterocycles. The van der Waals surface area contributed by atoms with Crippen molar-refractivity contribution in [1.82, 2.24) is 4.98 Å². The van der Waals surface area contributed by atoms with Gasteiger partial charge in [-0.05, 0) is 37.6 Å². The fraction of sp³-hybridized carbons (Fsp3) is 0.312. The van der Waals surface area contributed by atoms with Gasteiger partial charge in [-0.2, -0.15) is 8.42 Å². The van der Waals surface area contributed by atoms with E-state index in [1.54, 1.807) is 13.3 Å². The molecule has 1 aromatic carbocycles. The standard InChI is InChI=1S/C16H19N3O3S/c1-4-18-14-7-5-6-8-15(14)19(23(18,20)21)11-13-9-12(2)16(22-3)17-10-13/h5-10H,4,11H2,1-3H3. The number of benzene rings is 1. The van der Waals surface area contributed by atoms with Crippen molar-refractivity contribution in [3.8, 4) is 5.88 Å². The second kappa shape index (κ2) is 5.73. The molecule has 23 heavy (non-hydrogen) atoms. The molecule has 0 N–H and O–H groups in total. The number of fused-ring (bicyclic) bond motifs is 1. The molecule has 0 atom stereocenters. The lowest BCUT2D eigenvalue weighted by Crippen LogP contribution is -2.37. The van der Waals surface area contributed by atoms with Crippen molar-refractivity contribution >= 4 is 21.6 Å². The fourth-order valence-corrected chi connectivity index (χ4v) is 4.52. The molecule has 6 nitrogen and oxygen atoms in total. The summed E-state index contributed by atoms with van der Waals surface area (Å²) in [6.45, 7) is 4.36. The zero-order valence-corrected chi connectivity index (χ0v) is 14.2. The minimum absolute atomic E-state index is 0.244. The molecule has 1 aliphatic rings. The Kier molecular flexibility index (Phi) is 3.89. The van der Waals surface area contributed by atoms with Gasteiger partial charge in [0.1, 0.15) is 0 Å². The molecule has 7 heteroatoms. The Morgan fingerprint density at radius 2 is 1.83 bits per heavy atom. The molecule has 2 aromatic rings. The molecule has 122 valence electrons. The van der Waals surface area contributed by atoms with Gasteiger partial charge >= 0.3 is 10.2 Å². The van der Waals surface area contributed by atoms with Crippen LogP contribution in [0.4, 0.5) is 11.4 Å². The zero-order chi connectivity index (χ0) is 16.6. The van der Waals surface area contributed by atoms with Crippen LogP contribution in [-0.4, -0.2) is 27.1 Å². The number of hydrogen-bond donors (Lipinski definition) is 0. The predicted molar refractivity (Wildman–Crippen MR) is 90.1 cm³/mol. The molecule has 0 unspecified atom stereocenters.